The molecule has 7 heavy (non-hydrogen) atoms. The average molecular weight is 218 g/mol. The molecule has 0 fully saturated rings. The Bertz CT molecular complexity index is 64.0. The molecular weight excluding hydrogens is 209 g/mol. The van der Waals surface area contributed by atoms with Crippen LogP contribution in [0.4, 0.5) is 0 Å². The maximum absolute atomic E-state index is 9.69. The van der Waals surface area contributed by atoms with Gasteiger partial charge >= 0.3 is 5.97 Å². The van der Waals surface area contributed by atoms with Crippen molar-refractivity contribution in [2.75, 3.05) is 0 Å². The SMILES string of the molecule is C[C@H](I)C(=O)O.[NH4+]. The lowest BCUT2D eigenvalue weighted by molar-refractivity contribution is -0.135. The van der Waals surface area contributed by atoms with Gasteiger partial charge in [-0.05, 0) is 6.92 Å². The van der Waals surface area contributed by atoms with Crippen LogP contribution in [0.5, 0.6) is 0 Å². The van der Waals surface area contributed by atoms with Crippen molar-refractivity contribution >= 4 is 28.6 Å². The lowest BCUT2D eigenvalue weighted by atomic mass is 10.5. The smallest absolute Gasteiger partial charge is 0.316 e. The van der Waals surface area contributed by atoms with E-state index in [2.05, 4.69) is 0 Å². The van der Waals surface area contributed by atoms with Crippen LogP contribution in [-0.4, -0.2) is 15.0 Å². The summed E-state index contributed by atoms with van der Waals surface area (Å²) in [5.74, 6) is -0.754. The summed E-state index contributed by atoms with van der Waals surface area (Å²) in [5, 5.41) is 7.98. The Morgan fingerprint density at radius 1 is 1.86 bits per heavy atom. The van der Waals surface area contributed by atoms with Gasteiger partial charge in [0, 0.05) is 0 Å². The minimum atomic E-state index is -0.754. The van der Waals surface area contributed by atoms with Gasteiger partial charge in [0.25, 0.3) is 0 Å². The normalized spacial score (nSPS) is 11.7. The minimum absolute atomic E-state index is 0. The van der Waals surface area contributed by atoms with Crippen LogP contribution in [0.3, 0.4) is 0 Å². The molecule has 0 heterocycles. The molecular formula is C3H9INO2+. The third kappa shape index (κ3) is 6.16. The number of hydrogen-bond acceptors (Lipinski definition) is 1. The fraction of sp³-hybridized carbons (Fsp3) is 0.667. The molecule has 0 spiro atoms. The number of rotatable bonds is 1. The summed E-state index contributed by atoms with van der Waals surface area (Å²) in [6.07, 6.45) is 0. The van der Waals surface area contributed by atoms with Gasteiger partial charge in [-0.3, -0.25) is 4.79 Å². The van der Waals surface area contributed by atoms with Crippen LogP contribution in [-0.2, 0) is 4.79 Å². The Hall–Kier alpha value is 0.160. The molecule has 0 aliphatic heterocycles. The molecule has 0 aliphatic carbocycles. The van der Waals surface area contributed by atoms with Gasteiger partial charge in [-0.25, -0.2) is 0 Å². The number of carboxylic acid groups (broad SMARTS) is 1. The molecule has 0 aromatic heterocycles. The van der Waals surface area contributed by atoms with Crippen molar-refractivity contribution in [1.29, 1.82) is 0 Å². The number of halogens is 1. The van der Waals surface area contributed by atoms with E-state index >= 15 is 0 Å². The van der Waals surface area contributed by atoms with Crippen LogP contribution in [0.25, 0.3) is 0 Å². The molecule has 0 aromatic rings. The number of carbonyl (C=O) groups is 1. The first-order valence-electron chi connectivity index (χ1n) is 1.51. The number of hydrogen-bond donors (Lipinski definition) is 2. The van der Waals surface area contributed by atoms with Gasteiger partial charge in [-0.2, -0.15) is 0 Å². The molecule has 0 amide bonds. The summed E-state index contributed by atoms with van der Waals surface area (Å²) in [6.45, 7) is 1.63. The molecule has 0 saturated heterocycles. The Morgan fingerprint density at radius 3 is 2.00 bits per heavy atom. The highest BCUT2D eigenvalue weighted by atomic mass is 127. The number of carboxylic acids is 1. The van der Waals surface area contributed by atoms with Crippen LogP contribution >= 0.6 is 22.6 Å². The second kappa shape index (κ2) is 4.32. The first kappa shape index (κ1) is 10.2. The van der Waals surface area contributed by atoms with Crippen LogP contribution in [0, 0.1) is 0 Å². The molecule has 0 bridgehead atoms. The number of alkyl halides is 1. The third-order valence-electron chi connectivity index (χ3n) is 0.340. The maximum atomic E-state index is 9.69. The predicted octanol–water partition coefficient (Wildman–Crippen LogP) is 1.27. The van der Waals surface area contributed by atoms with Crippen LogP contribution in [0.15, 0.2) is 0 Å². The lowest BCUT2D eigenvalue weighted by Crippen LogP contribution is -2.05. The summed E-state index contributed by atoms with van der Waals surface area (Å²) in [5.41, 5.74) is 0. The van der Waals surface area contributed by atoms with Crippen molar-refractivity contribution in [3.8, 4) is 0 Å². The summed E-state index contributed by atoms with van der Waals surface area (Å²) in [4.78, 5) is 9.69. The van der Waals surface area contributed by atoms with Crippen molar-refractivity contribution in [1.82, 2.24) is 6.15 Å². The van der Waals surface area contributed by atoms with Crippen molar-refractivity contribution in [3.05, 3.63) is 0 Å². The van der Waals surface area contributed by atoms with Crippen molar-refractivity contribution in [2.45, 2.75) is 10.8 Å². The first-order valence-corrected chi connectivity index (χ1v) is 2.76. The van der Waals surface area contributed by atoms with Gasteiger partial charge in [-0.15, -0.1) is 0 Å². The van der Waals surface area contributed by atoms with Gasteiger partial charge in [0.1, 0.15) is 3.92 Å². The van der Waals surface area contributed by atoms with E-state index < -0.39 is 5.97 Å². The zero-order valence-corrected chi connectivity index (χ0v) is 6.47. The molecule has 0 rings (SSSR count). The second-order valence-corrected chi connectivity index (χ2v) is 2.82. The zero-order chi connectivity index (χ0) is 5.15. The quantitative estimate of drug-likeness (QED) is 0.513. The number of quaternary nitrogens is 1. The molecule has 44 valence electrons. The van der Waals surface area contributed by atoms with Gasteiger partial charge < -0.3 is 11.3 Å². The summed E-state index contributed by atoms with van der Waals surface area (Å²) >= 11 is 1.83. The Morgan fingerprint density at radius 2 is 2.00 bits per heavy atom. The Kier molecular flexibility index (Phi) is 6.30. The lowest BCUT2D eigenvalue weighted by Gasteiger charge is -1.87. The van der Waals surface area contributed by atoms with Gasteiger partial charge in [0.2, 0.25) is 0 Å². The standard InChI is InChI=1S/C3H5IO2.H3N/c1-2(4)3(5)6;/h2H,1H3,(H,5,6);1H3/p+1/t2-;/m0./s1. The van der Waals surface area contributed by atoms with E-state index in [4.69, 9.17) is 5.11 Å². The Balaban J connectivity index is 0. The van der Waals surface area contributed by atoms with Crippen LogP contribution in [0.1, 0.15) is 6.92 Å². The molecule has 0 radical (unpaired) electrons. The van der Waals surface area contributed by atoms with E-state index in [1.165, 1.54) is 0 Å². The van der Waals surface area contributed by atoms with Crippen LogP contribution < -0.4 is 6.15 Å². The highest BCUT2D eigenvalue weighted by Crippen LogP contribution is 1.95. The molecule has 4 heteroatoms. The second-order valence-electron chi connectivity index (χ2n) is 0.954. The average Bonchev–Trinajstić information content (AvgIpc) is 1.36. The molecule has 0 aliphatic rings. The van der Waals surface area contributed by atoms with Gasteiger partial charge in [-0.1, -0.05) is 22.6 Å². The van der Waals surface area contributed by atoms with Crippen LogP contribution in [0.2, 0.25) is 0 Å². The highest BCUT2D eigenvalue weighted by molar-refractivity contribution is 14.1. The van der Waals surface area contributed by atoms with E-state index in [0.29, 0.717) is 0 Å². The summed E-state index contributed by atoms with van der Waals surface area (Å²) in [7, 11) is 0. The minimum Gasteiger partial charge on any atom is -0.480 e. The highest BCUT2D eigenvalue weighted by Gasteiger charge is 2.01. The van der Waals surface area contributed by atoms with Crippen molar-refractivity contribution < 1.29 is 9.90 Å². The summed E-state index contributed by atoms with van der Waals surface area (Å²) < 4.78 is -0.261. The largest absolute Gasteiger partial charge is 0.480 e. The van der Waals surface area contributed by atoms with Gasteiger partial charge in [0.15, 0.2) is 0 Å². The Labute approximate surface area is 55.8 Å². The third-order valence-corrected chi connectivity index (χ3v) is 0.873. The maximum Gasteiger partial charge on any atom is 0.316 e. The fourth-order valence-corrected chi connectivity index (χ4v) is 0. The van der Waals surface area contributed by atoms with E-state index in [-0.39, 0.29) is 10.1 Å². The molecule has 0 saturated carbocycles. The van der Waals surface area contributed by atoms with E-state index in [1.807, 2.05) is 22.6 Å². The van der Waals surface area contributed by atoms with Crippen molar-refractivity contribution in [2.24, 2.45) is 0 Å². The molecule has 0 unspecified atom stereocenters. The topological polar surface area (TPSA) is 73.8 Å². The molecule has 1 atom stereocenters. The molecule has 5 N–H and O–H groups in total. The first-order chi connectivity index (χ1) is 2.64. The zero-order valence-electron chi connectivity index (χ0n) is 4.31. The van der Waals surface area contributed by atoms with E-state index in [1.54, 1.807) is 6.92 Å². The fourth-order valence-electron chi connectivity index (χ4n) is 0. The van der Waals surface area contributed by atoms with E-state index in [9.17, 15) is 4.79 Å². The monoisotopic (exact) mass is 218 g/mol. The number of aliphatic carboxylic acids is 1. The van der Waals surface area contributed by atoms with Gasteiger partial charge in [0.05, 0.1) is 0 Å². The predicted molar refractivity (Wildman–Crippen MR) is 37.1 cm³/mol. The summed E-state index contributed by atoms with van der Waals surface area (Å²) in [6, 6.07) is 0. The molecule has 3 nitrogen and oxygen atoms in total. The molecule has 0 aromatic carbocycles. The van der Waals surface area contributed by atoms with E-state index in [0.717, 1.165) is 0 Å². The van der Waals surface area contributed by atoms with Crippen molar-refractivity contribution in [3.63, 3.8) is 0 Å².